The van der Waals surface area contributed by atoms with Crippen LogP contribution in [0.3, 0.4) is 0 Å². The van der Waals surface area contributed by atoms with Gasteiger partial charge in [-0.05, 0) is 0 Å². The molecule has 0 saturated heterocycles. The highest BCUT2D eigenvalue weighted by Gasteiger charge is 2.29. The van der Waals surface area contributed by atoms with Crippen LogP contribution in [0.1, 0.15) is 6.42 Å². The van der Waals surface area contributed by atoms with Crippen LogP contribution in [0.15, 0.2) is 12.7 Å². The van der Waals surface area contributed by atoms with Crippen molar-refractivity contribution in [1.82, 2.24) is 0 Å². The van der Waals surface area contributed by atoms with E-state index in [1.54, 1.807) is 6.08 Å². The molecule has 1 unspecified atom stereocenters. The summed E-state index contributed by atoms with van der Waals surface area (Å²) in [5.74, 6) is -0.766. The second-order valence-electron chi connectivity index (χ2n) is 3.49. The number of nitrogens with zero attached hydrogens (tertiary/aromatic N) is 1. The highest BCUT2D eigenvalue weighted by molar-refractivity contribution is 5.72. The van der Waals surface area contributed by atoms with Crippen LogP contribution in [0.2, 0.25) is 0 Å². The number of carboxylic acid groups (broad SMARTS) is 1. The first-order chi connectivity index (χ1) is 4.89. The number of quaternary nitrogens is 1. The summed E-state index contributed by atoms with van der Waals surface area (Å²) in [6.07, 6.45) is 2.15. The Bertz CT molecular complexity index is 158. The third-order valence-corrected chi connectivity index (χ3v) is 1.61. The van der Waals surface area contributed by atoms with Crippen molar-refractivity contribution in [3.05, 3.63) is 12.7 Å². The molecule has 64 valence electrons. The summed E-state index contributed by atoms with van der Waals surface area (Å²) in [5, 5.41) is 8.78. The van der Waals surface area contributed by atoms with Crippen molar-refractivity contribution in [3.8, 4) is 0 Å². The van der Waals surface area contributed by atoms with Gasteiger partial charge < -0.3 is 9.59 Å². The van der Waals surface area contributed by atoms with Gasteiger partial charge in [-0.25, -0.2) is 4.79 Å². The van der Waals surface area contributed by atoms with Gasteiger partial charge in [0.2, 0.25) is 0 Å². The van der Waals surface area contributed by atoms with Crippen LogP contribution >= 0.6 is 0 Å². The van der Waals surface area contributed by atoms with Crippen molar-refractivity contribution < 1.29 is 14.4 Å². The molecule has 11 heavy (non-hydrogen) atoms. The number of carboxylic acids is 1. The monoisotopic (exact) mass is 158 g/mol. The average Bonchev–Trinajstić information content (AvgIpc) is 1.79. The van der Waals surface area contributed by atoms with Gasteiger partial charge in [-0.2, -0.15) is 0 Å². The van der Waals surface area contributed by atoms with E-state index in [1.807, 2.05) is 21.1 Å². The summed E-state index contributed by atoms with van der Waals surface area (Å²) in [6, 6.07) is -0.382. The zero-order valence-electron chi connectivity index (χ0n) is 7.37. The van der Waals surface area contributed by atoms with Crippen LogP contribution in [0, 0.1) is 0 Å². The fraction of sp³-hybridized carbons (Fsp3) is 0.625. The molecule has 0 aromatic carbocycles. The van der Waals surface area contributed by atoms with Crippen molar-refractivity contribution in [1.29, 1.82) is 0 Å². The first kappa shape index (κ1) is 10.2. The maximum absolute atomic E-state index is 10.7. The first-order valence-electron chi connectivity index (χ1n) is 3.54. The second kappa shape index (κ2) is 3.53. The molecule has 0 heterocycles. The highest BCUT2D eigenvalue weighted by atomic mass is 16.4. The Morgan fingerprint density at radius 2 is 2.09 bits per heavy atom. The van der Waals surface area contributed by atoms with Crippen LogP contribution in [-0.4, -0.2) is 42.7 Å². The molecule has 0 aliphatic carbocycles. The molecule has 0 fully saturated rings. The Kier molecular flexibility index (Phi) is 3.26. The molecule has 3 nitrogen and oxygen atoms in total. The fourth-order valence-electron chi connectivity index (χ4n) is 0.906. The fourth-order valence-corrected chi connectivity index (χ4v) is 0.906. The first-order valence-corrected chi connectivity index (χ1v) is 3.54. The van der Waals surface area contributed by atoms with E-state index in [9.17, 15) is 4.79 Å². The molecule has 1 N–H and O–H groups in total. The van der Waals surface area contributed by atoms with E-state index in [0.717, 1.165) is 0 Å². The molecule has 1 atom stereocenters. The summed E-state index contributed by atoms with van der Waals surface area (Å²) in [7, 11) is 5.59. The van der Waals surface area contributed by atoms with Crippen LogP contribution in [0.5, 0.6) is 0 Å². The van der Waals surface area contributed by atoms with E-state index >= 15 is 0 Å². The molecule has 0 radical (unpaired) electrons. The van der Waals surface area contributed by atoms with Crippen LogP contribution in [-0.2, 0) is 4.79 Å². The lowest BCUT2D eigenvalue weighted by Gasteiger charge is -2.30. The van der Waals surface area contributed by atoms with Crippen molar-refractivity contribution in [3.63, 3.8) is 0 Å². The zero-order valence-corrected chi connectivity index (χ0v) is 7.37. The van der Waals surface area contributed by atoms with E-state index in [1.165, 1.54) is 0 Å². The quantitative estimate of drug-likeness (QED) is 0.483. The summed E-state index contributed by atoms with van der Waals surface area (Å²) < 4.78 is 0.432. The largest absolute Gasteiger partial charge is 0.477 e. The molecule has 0 amide bonds. The van der Waals surface area contributed by atoms with Crippen LogP contribution < -0.4 is 0 Å². The van der Waals surface area contributed by atoms with Gasteiger partial charge in [0, 0.05) is 6.42 Å². The van der Waals surface area contributed by atoms with Gasteiger partial charge in [0.1, 0.15) is 0 Å². The van der Waals surface area contributed by atoms with E-state index < -0.39 is 5.97 Å². The Morgan fingerprint density at radius 1 is 1.64 bits per heavy atom. The molecule has 0 rings (SSSR count). The van der Waals surface area contributed by atoms with Crippen molar-refractivity contribution >= 4 is 5.97 Å². The predicted molar refractivity (Wildman–Crippen MR) is 44.3 cm³/mol. The van der Waals surface area contributed by atoms with Crippen molar-refractivity contribution in [2.24, 2.45) is 0 Å². The van der Waals surface area contributed by atoms with E-state index in [-0.39, 0.29) is 6.04 Å². The number of likely N-dealkylation sites (N-methyl/N-ethyl adjacent to an activating group) is 1. The highest BCUT2D eigenvalue weighted by Crippen LogP contribution is 2.07. The molecule has 0 aromatic heterocycles. The molecule has 0 aromatic rings. The minimum atomic E-state index is -0.766. The predicted octanol–water partition coefficient (Wildman–Crippen LogP) is 0.722. The van der Waals surface area contributed by atoms with E-state index in [4.69, 9.17) is 5.11 Å². The van der Waals surface area contributed by atoms with E-state index in [0.29, 0.717) is 10.9 Å². The Hall–Kier alpha value is -0.830. The number of rotatable bonds is 4. The van der Waals surface area contributed by atoms with Crippen molar-refractivity contribution in [2.45, 2.75) is 12.5 Å². The van der Waals surface area contributed by atoms with Gasteiger partial charge in [0.05, 0.1) is 21.1 Å². The number of hydrogen-bond acceptors (Lipinski definition) is 1. The Morgan fingerprint density at radius 3 is 2.18 bits per heavy atom. The third kappa shape index (κ3) is 3.18. The summed E-state index contributed by atoms with van der Waals surface area (Å²) in [4.78, 5) is 10.7. The third-order valence-electron chi connectivity index (χ3n) is 1.61. The van der Waals surface area contributed by atoms with Crippen LogP contribution in [0.25, 0.3) is 0 Å². The molecule has 0 saturated carbocycles. The molecular formula is C8H16NO2+. The molecular weight excluding hydrogens is 142 g/mol. The van der Waals surface area contributed by atoms with E-state index in [2.05, 4.69) is 6.58 Å². The smallest absolute Gasteiger partial charge is 0.362 e. The summed E-state index contributed by atoms with van der Waals surface area (Å²) in [6.45, 7) is 3.52. The van der Waals surface area contributed by atoms with Gasteiger partial charge in [-0.3, -0.25) is 0 Å². The van der Waals surface area contributed by atoms with Gasteiger partial charge in [0.15, 0.2) is 6.04 Å². The maximum atomic E-state index is 10.7. The normalized spacial score (nSPS) is 14.1. The second-order valence-corrected chi connectivity index (χ2v) is 3.49. The molecule has 0 aliphatic heterocycles. The number of carbonyl (C=O) groups is 1. The van der Waals surface area contributed by atoms with Gasteiger partial charge >= 0.3 is 5.97 Å². The SMILES string of the molecule is C=CCC(C(=O)O)[N+](C)(C)C. The molecule has 0 bridgehead atoms. The Balaban J connectivity index is 4.34. The minimum Gasteiger partial charge on any atom is -0.477 e. The molecule has 3 heteroatoms. The zero-order chi connectivity index (χ0) is 9.07. The molecule has 0 spiro atoms. The number of aliphatic carboxylic acids is 1. The lowest BCUT2D eigenvalue weighted by Crippen LogP contribution is -2.49. The minimum absolute atomic E-state index is 0.382. The number of hydrogen-bond donors (Lipinski definition) is 1. The standard InChI is InChI=1S/C8H15NO2/c1-5-6-7(8(10)11)9(2,3)4/h5,7H,1,6H2,2-4H3/p+1. The lowest BCUT2D eigenvalue weighted by molar-refractivity contribution is -0.886. The molecule has 0 aliphatic rings. The van der Waals surface area contributed by atoms with Gasteiger partial charge in [-0.1, -0.05) is 6.08 Å². The van der Waals surface area contributed by atoms with Crippen molar-refractivity contribution in [2.75, 3.05) is 21.1 Å². The summed E-state index contributed by atoms with van der Waals surface area (Å²) in [5.41, 5.74) is 0. The topological polar surface area (TPSA) is 37.3 Å². The van der Waals surface area contributed by atoms with Gasteiger partial charge in [0.25, 0.3) is 0 Å². The average molecular weight is 158 g/mol. The lowest BCUT2D eigenvalue weighted by atomic mass is 10.1. The Labute approximate surface area is 67.5 Å². The summed E-state index contributed by atoms with van der Waals surface area (Å²) >= 11 is 0. The van der Waals surface area contributed by atoms with Gasteiger partial charge in [-0.15, -0.1) is 6.58 Å². The maximum Gasteiger partial charge on any atom is 0.362 e. The van der Waals surface area contributed by atoms with Crippen LogP contribution in [0.4, 0.5) is 0 Å².